The molecule has 0 amide bonds. The molecule has 0 aliphatic heterocycles. The van der Waals surface area contributed by atoms with E-state index in [1.165, 1.54) is 0 Å². The van der Waals surface area contributed by atoms with Crippen molar-refractivity contribution in [2.24, 2.45) is 5.14 Å². The highest BCUT2D eigenvalue weighted by molar-refractivity contribution is 7.89. The van der Waals surface area contributed by atoms with Crippen molar-refractivity contribution in [3.05, 3.63) is 0 Å². The summed E-state index contributed by atoms with van der Waals surface area (Å²) < 4.78 is 51.4. The molecule has 86 valence electrons. The van der Waals surface area contributed by atoms with Crippen LogP contribution in [0.5, 0.6) is 0 Å². The molecule has 0 aliphatic rings. The van der Waals surface area contributed by atoms with Crippen LogP contribution in [-0.2, 0) is 14.8 Å². The summed E-state index contributed by atoms with van der Waals surface area (Å²) in [6.45, 7) is -0.404. The quantitative estimate of drug-likeness (QED) is 0.565. The Bertz CT molecular complexity index is 271. The molecule has 4 N–H and O–H groups in total. The molecule has 0 aliphatic carbocycles. The fourth-order valence-corrected chi connectivity index (χ4v) is 0.382. The number of primary sulfonamides is 1. The van der Waals surface area contributed by atoms with Gasteiger partial charge in [-0.2, -0.15) is 13.2 Å². The van der Waals surface area contributed by atoms with Crippen molar-refractivity contribution in [1.29, 1.82) is 0 Å². The first-order valence-corrected chi connectivity index (χ1v) is 4.63. The molecule has 14 heavy (non-hydrogen) atoms. The minimum atomic E-state index is -5.08. The lowest BCUT2D eigenvalue weighted by Crippen LogP contribution is -2.21. The number of carbonyl (C=O) groups is 1. The second kappa shape index (κ2) is 5.78. The fourth-order valence-electron chi connectivity index (χ4n) is 0.127. The van der Waals surface area contributed by atoms with Gasteiger partial charge in [0.15, 0.2) is 0 Å². The van der Waals surface area contributed by atoms with E-state index < -0.39 is 28.8 Å². The Hall–Kier alpha value is -0.870. The zero-order valence-corrected chi connectivity index (χ0v) is 7.47. The minimum Gasteiger partial charge on any atom is -0.475 e. The lowest BCUT2D eigenvalue weighted by molar-refractivity contribution is -0.192. The molecule has 0 saturated heterocycles. The van der Waals surface area contributed by atoms with Gasteiger partial charge in [0.2, 0.25) is 10.0 Å². The van der Waals surface area contributed by atoms with Crippen molar-refractivity contribution in [3.8, 4) is 0 Å². The molecule has 0 aromatic heterocycles. The van der Waals surface area contributed by atoms with E-state index in [1.807, 2.05) is 0 Å². The molecular formula is C4H8F3NO5S. The van der Waals surface area contributed by atoms with Crippen molar-refractivity contribution < 1.29 is 36.6 Å². The summed E-state index contributed by atoms with van der Waals surface area (Å²) >= 11 is 0. The van der Waals surface area contributed by atoms with Crippen molar-refractivity contribution in [2.75, 3.05) is 12.4 Å². The third-order valence-electron chi connectivity index (χ3n) is 0.618. The van der Waals surface area contributed by atoms with E-state index in [2.05, 4.69) is 5.14 Å². The summed E-state index contributed by atoms with van der Waals surface area (Å²) in [5, 5.41) is 19.5. The van der Waals surface area contributed by atoms with E-state index in [9.17, 15) is 21.6 Å². The van der Waals surface area contributed by atoms with Crippen molar-refractivity contribution in [2.45, 2.75) is 6.18 Å². The summed E-state index contributed by atoms with van der Waals surface area (Å²) in [5.41, 5.74) is 0. The second-order valence-corrected chi connectivity index (χ2v) is 3.63. The van der Waals surface area contributed by atoms with Crippen LogP contribution in [0.15, 0.2) is 0 Å². The van der Waals surface area contributed by atoms with Crippen LogP contribution in [0.1, 0.15) is 0 Å². The molecule has 6 nitrogen and oxygen atoms in total. The van der Waals surface area contributed by atoms with Crippen LogP contribution in [0.25, 0.3) is 0 Å². The summed E-state index contributed by atoms with van der Waals surface area (Å²) in [7, 11) is -3.42. The van der Waals surface area contributed by atoms with Gasteiger partial charge < -0.3 is 10.2 Å². The first-order chi connectivity index (χ1) is 6.00. The predicted molar refractivity (Wildman–Crippen MR) is 38.8 cm³/mol. The van der Waals surface area contributed by atoms with Crippen LogP contribution in [0.2, 0.25) is 0 Å². The molecule has 0 atom stereocenters. The van der Waals surface area contributed by atoms with Crippen LogP contribution >= 0.6 is 0 Å². The largest absolute Gasteiger partial charge is 0.490 e. The number of aliphatic carboxylic acids is 1. The zero-order chi connectivity index (χ0) is 12.0. The lowest BCUT2D eigenvalue weighted by atomic mass is 10.7. The summed E-state index contributed by atoms with van der Waals surface area (Å²) in [6, 6.07) is 0. The summed E-state index contributed by atoms with van der Waals surface area (Å²) in [5.74, 6) is -3.11. The molecule has 0 fully saturated rings. The van der Waals surface area contributed by atoms with E-state index in [0.717, 1.165) is 0 Å². The molecule has 0 aromatic carbocycles. The van der Waals surface area contributed by atoms with Gasteiger partial charge in [-0.1, -0.05) is 0 Å². The van der Waals surface area contributed by atoms with Crippen molar-refractivity contribution in [1.82, 2.24) is 0 Å². The van der Waals surface area contributed by atoms with Crippen LogP contribution in [0, 0.1) is 0 Å². The molecule has 0 bridgehead atoms. The van der Waals surface area contributed by atoms with Crippen LogP contribution in [0.4, 0.5) is 13.2 Å². The Morgan fingerprint density at radius 3 is 1.64 bits per heavy atom. The Labute approximate surface area is 77.2 Å². The van der Waals surface area contributed by atoms with Crippen LogP contribution in [-0.4, -0.2) is 43.1 Å². The maximum Gasteiger partial charge on any atom is 0.490 e. The van der Waals surface area contributed by atoms with Gasteiger partial charge in [-0.05, 0) is 0 Å². The Balaban J connectivity index is 0. The number of alkyl halides is 3. The number of halogens is 3. The van der Waals surface area contributed by atoms with Gasteiger partial charge in [-0.3, -0.25) is 0 Å². The molecule has 0 radical (unpaired) electrons. The van der Waals surface area contributed by atoms with Crippen molar-refractivity contribution >= 4 is 16.0 Å². The number of aliphatic hydroxyl groups excluding tert-OH is 1. The van der Waals surface area contributed by atoms with Crippen molar-refractivity contribution in [3.63, 3.8) is 0 Å². The summed E-state index contributed by atoms with van der Waals surface area (Å²) in [4.78, 5) is 8.90. The summed E-state index contributed by atoms with van der Waals surface area (Å²) in [6.07, 6.45) is -5.08. The number of carboxylic acids is 1. The molecule has 0 rings (SSSR count). The first-order valence-electron chi connectivity index (χ1n) is 2.92. The van der Waals surface area contributed by atoms with Gasteiger partial charge in [0.05, 0.1) is 12.4 Å². The average Bonchev–Trinajstić information content (AvgIpc) is 1.82. The highest BCUT2D eigenvalue weighted by atomic mass is 32.2. The van der Waals surface area contributed by atoms with Crippen LogP contribution < -0.4 is 5.14 Å². The molecule has 0 heterocycles. The Morgan fingerprint density at radius 2 is 1.64 bits per heavy atom. The van der Waals surface area contributed by atoms with Gasteiger partial charge in [0, 0.05) is 0 Å². The number of rotatable bonds is 2. The maximum atomic E-state index is 10.6. The SMILES string of the molecule is NS(=O)(=O)CCO.O=C(O)C(F)(F)F. The number of hydrogen-bond donors (Lipinski definition) is 3. The maximum absolute atomic E-state index is 10.6. The number of hydrogen-bond acceptors (Lipinski definition) is 4. The third-order valence-corrected chi connectivity index (χ3v) is 1.37. The fraction of sp³-hybridized carbons (Fsp3) is 0.750. The lowest BCUT2D eigenvalue weighted by Gasteiger charge is -1.93. The topological polar surface area (TPSA) is 118 Å². The smallest absolute Gasteiger partial charge is 0.475 e. The molecule has 0 aromatic rings. The second-order valence-electron chi connectivity index (χ2n) is 1.89. The van der Waals surface area contributed by atoms with E-state index in [-0.39, 0.29) is 5.75 Å². The van der Waals surface area contributed by atoms with Gasteiger partial charge in [0.25, 0.3) is 0 Å². The minimum absolute atomic E-state index is 0.354. The monoisotopic (exact) mass is 239 g/mol. The van der Waals surface area contributed by atoms with Gasteiger partial charge in [-0.25, -0.2) is 18.4 Å². The van der Waals surface area contributed by atoms with E-state index in [4.69, 9.17) is 15.0 Å². The normalized spacial score (nSPS) is 11.5. The molecule has 0 unspecified atom stereocenters. The highest BCUT2D eigenvalue weighted by Crippen LogP contribution is 2.13. The number of sulfonamides is 1. The zero-order valence-electron chi connectivity index (χ0n) is 6.65. The Kier molecular flexibility index (Phi) is 6.43. The molecule has 0 spiro atoms. The van der Waals surface area contributed by atoms with Gasteiger partial charge in [-0.15, -0.1) is 0 Å². The average molecular weight is 239 g/mol. The first kappa shape index (κ1) is 15.6. The number of aliphatic hydroxyl groups is 1. The van der Waals surface area contributed by atoms with E-state index in [0.29, 0.717) is 0 Å². The molecule has 0 saturated carbocycles. The Morgan fingerprint density at radius 1 is 1.36 bits per heavy atom. The van der Waals surface area contributed by atoms with Crippen LogP contribution in [0.3, 0.4) is 0 Å². The molecule has 10 heteroatoms. The number of nitrogens with two attached hydrogens (primary N) is 1. The highest BCUT2D eigenvalue weighted by Gasteiger charge is 2.38. The van der Waals surface area contributed by atoms with Gasteiger partial charge in [0.1, 0.15) is 0 Å². The molecular weight excluding hydrogens is 231 g/mol. The van der Waals surface area contributed by atoms with Gasteiger partial charge >= 0.3 is 12.1 Å². The third kappa shape index (κ3) is 13.7. The standard InChI is InChI=1S/C2HF3O2.C2H7NO3S/c3-2(4,5)1(6)7;3-7(5,6)2-1-4/h(H,6,7);4H,1-2H2,(H2,3,5,6). The van der Waals surface area contributed by atoms with E-state index >= 15 is 0 Å². The number of carboxylic acid groups (broad SMARTS) is 1. The van der Waals surface area contributed by atoms with E-state index in [1.54, 1.807) is 0 Å². The predicted octanol–water partition coefficient (Wildman–Crippen LogP) is -1.10.